The summed E-state index contributed by atoms with van der Waals surface area (Å²) in [6.07, 6.45) is 3.29. The maximum Gasteiger partial charge on any atom is 0.0715 e. The van der Waals surface area contributed by atoms with Gasteiger partial charge in [-0.2, -0.15) is 11.8 Å². The molecule has 0 aliphatic rings. The van der Waals surface area contributed by atoms with Crippen molar-refractivity contribution in [3.05, 3.63) is 0 Å². The van der Waals surface area contributed by atoms with Crippen molar-refractivity contribution in [2.24, 2.45) is 0 Å². The highest BCUT2D eigenvalue weighted by atomic mass is 32.2. The van der Waals surface area contributed by atoms with E-state index in [1.54, 1.807) is 0 Å². The van der Waals surface area contributed by atoms with Gasteiger partial charge in [0.25, 0.3) is 0 Å². The van der Waals surface area contributed by atoms with Crippen LogP contribution in [0.5, 0.6) is 0 Å². The van der Waals surface area contributed by atoms with Crippen LogP contribution in [0.1, 0.15) is 27.2 Å². The zero-order chi connectivity index (χ0) is 9.61. The lowest BCUT2D eigenvalue weighted by Gasteiger charge is -2.18. The van der Waals surface area contributed by atoms with Crippen LogP contribution < -0.4 is 5.32 Å². The highest BCUT2D eigenvalue weighted by Gasteiger charge is 2.10. The van der Waals surface area contributed by atoms with Crippen molar-refractivity contribution >= 4 is 11.8 Å². The minimum Gasteiger partial charge on any atom is -0.389 e. The molecule has 1 atom stereocenters. The van der Waals surface area contributed by atoms with Crippen molar-refractivity contribution in [3.63, 3.8) is 0 Å². The van der Waals surface area contributed by atoms with E-state index in [4.69, 9.17) is 0 Å². The molecule has 0 saturated heterocycles. The zero-order valence-corrected chi connectivity index (χ0v) is 9.37. The molecule has 0 aromatic carbocycles. The SMILES string of the molecule is CSC(C)CCNCC(C)(C)O. The lowest BCUT2D eigenvalue weighted by atomic mass is 10.1. The second-order valence-corrected chi connectivity index (χ2v) is 5.10. The molecule has 2 N–H and O–H groups in total. The molecule has 1 unspecified atom stereocenters. The fourth-order valence-corrected chi connectivity index (χ4v) is 1.17. The third-order valence-corrected chi connectivity index (χ3v) is 2.73. The average molecular weight is 191 g/mol. The standard InChI is InChI=1S/C9H21NOS/c1-8(12-4)5-6-10-7-9(2,3)11/h8,10-11H,5-7H2,1-4H3. The predicted octanol–water partition coefficient (Wildman–Crippen LogP) is 1.49. The molecule has 0 amide bonds. The van der Waals surface area contributed by atoms with Gasteiger partial charge in [0.15, 0.2) is 0 Å². The van der Waals surface area contributed by atoms with Gasteiger partial charge in [0, 0.05) is 11.8 Å². The van der Waals surface area contributed by atoms with Crippen molar-refractivity contribution in [2.75, 3.05) is 19.3 Å². The molecule has 74 valence electrons. The largest absolute Gasteiger partial charge is 0.389 e. The molecule has 2 nitrogen and oxygen atoms in total. The van der Waals surface area contributed by atoms with Gasteiger partial charge in [-0.05, 0) is 33.1 Å². The van der Waals surface area contributed by atoms with Gasteiger partial charge in [-0.15, -0.1) is 0 Å². The van der Waals surface area contributed by atoms with E-state index in [1.807, 2.05) is 25.6 Å². The highest BCUT2D eigenvalue weighted by Crippen LogP contribution is 2.08. The van der Waals surface area contributed by atoms with Gasteiger partial charge in [0.05, 0.1) is 5.60 Å². The van der Waals surface area contributed by atoms with Crippen LogP contribution in [0.3, 0.4) is 0 Å². The molecule has 0 aromatic rings. The summed E-state index contributed by atoms with van der Waals surface area (Å²) in [4.78, 5) is 0. The van der Waals surface area contributed by atoms with Gasteiger partial charge in [0.2, 0.25) is 0 Å². The number of rotatable bonds is 6. The van der Waals surface area contributed by atoms with Gasteiger partial charge >= 0.3 is 0 Å². The van der Waals surface area contributed by atoms with E-state index in [0.29, 0.717) is 11.8 Å². The van der Waals surface area contributed by atoms with E-state index in [9.17, 15) is 5.11 Å². The molecule has 0 aliphatic heterocycles. The lowest BCUT2D eigenvalue weighted by molar-refractivity contribution is 0.0800. The van der Waals surface area contributed by atoms with Crippen LogP contribution in [-0.2, 0) is 0 Å². The molecule has 0 bridgehead atoms. The van der Waals surface area contributed by atoms with E-state index in [2.05, 4.69) is 18.5 Å². The summed E-state index contributed by atoms with van der Waals surface area (Å²) in [6.45, 7) is 7.52. The summed E-state index contributed by atoms with van der Waals surface area (Å²) < 4.78 is 0. The average Bonchev–Trinajstić information content (AvgIpc) is 1.96. The Morgan fingerprint density at radius 2 is 2.08 bits per heavy atom. The van der Waals surface area contributed by atoms with Gasteiger partial charge in [-0.1, -0.05) is 6.92 Å². The third-order valence-electron chi connectivity index (χ3n) is 1.69. The van der Waals surface area contributed by atoms with Crippen molar-refractivity contribution in [3.8, 4) is 0 Å². The number of hydrogen-bond acceptors (Lipinski definition) is 3. The Morgan fingerprint density at radius 1 is 1.50 bits per heavy atom. The van der Waals surface area contributed by atoms with Gasteiger partial charge < -0.3 is 10.4 Å². The normalized spacial score (nSPS) is 14.8. The monoisotopic (exact) mass is 191 g/mol. The quantitative estimate of drug-likeness (QED) is 0.624. The van der Waals surface area contributed by atoms with Crippen molar-refractivity contribution < 1.29 is 5.11 Å². The first-order chi connectivity index (χ1) is 5.45. The Morgan fingerprint density at radius 3 is 2.50 bits per heavy atom. The fraction of sp³-hybridized carbons (Fsp3) is 1.00. The smallest absolute Gasteiger partial charge is 0.0715 e. The van der Waals surface area contributed by atoms with Crippen LogP contribution >= 0.6 is 11.8 Å². The molecule has 0 aromatic heterocycles. The molecular weight excluding hydrogens is 170 g/mol. The van der Waals surface area contributed by atoms with Crippen molar-refractivity contribution in [1.29, 1.82) is 0 Å². The second-order valence-electron chi connectivity index (χ2n) is 3.82. The molecule has 0 radical (unpaired) electrons. The van der Waals surface area contributed by atoms with Crippen LogP contribution in [0.15, 0.2) is 0 Å². The number of hydrogen-bond donors (Lipinski definition) is 2. The Kier molecular flexibility index (Phi) is 5.97. The molecule has 0 spiro atoms. The first-order valence-corrected chi connectivity index (χ1v) is 5.70. The minimum absolute atomic E-state index is 0.581. The summed E-state index contributed by atoms with van der Waals surface area (Å²) >= 11 is 1.88. The fourth-order valence-electron chi connectivity index (χ4n) is 0.817. The zero-order valence-electron chi connectivity index (χ0n) is 8.55. The topological polar surface area (TPSA) is 32.3 Å². The van der Waals surface area contributed by atoms with Gasteiger partial charge in [-0.25, -0.2) is 0 Å². The molecular formula is C9H21NOS. The molecule has 0 heterocycles. The highest BCUT2D eigenvalue weighted by molar-refractivity contribution is 7.99. The van der Waals surface area contributed by atoms with E-state index < -0.39 is 5.60 Å². The van der Waals surface area contributed by atoms with Crippen molar-refractivity contribution in [2.45, 2.75) is 38.0 Å². The van der Waals surface area contributed by atoms with E-state index >= 15 is 0 Å². The minimum atomic E-state index is -0.581. The van der Waals surface area contributed by atoms with E-state index in [1.165, 1.54) is 0 Å². The molecule has 3 heteroatoms. The Balaban J connectivity index is 3.22. The van der Waals surface area contributed by atoms with Crippen LogP contribution in [-0.4, -0.2) is 35.3 Å². The Labute approximate surface area is 80.1 Å². The molecule has 0 aliphatic carbocycles. The Hall–Kier alpha value is 0.270. The Bertz CT molecular complexity index is 112. The maximum absolute atomic E-state index is 9.37. The van der Waals surface area contributed by atoms with Gasteiger partial charge in [-0.3, -0.25) is 0 Å². The van der Waals surface area contributed by atoms with Crippen LogP contribution in [0, 0.1) is 0 Å². The summed E-state index contributed by atoms with van der Waals surface area (Å²) in [6, 6.07) is 0. The first kappa shape index (κ1) is 12.3. The maximum atomic E-state index is 9.37. The molecule has 0 rings (SSSR count). The number of aliphatic hydroxyl groups is 1. The van der Waals surface area contributed by atoms with Crippen molar-refractivity contribution in [1.82, 2.24) is 5.32 Å². The van der Waals surface area contributed by atoms with Gasteiger partial charge in [0.1, 0.15) is 0 Å². The number of nitrogens with one attached hydrogen (secondary N) is 1. The summed E-state index contributed by atoms with van der Waals surface area (Å²) in [7, 11) is 0. The predicted molar refractivity (Wildman–Crippen MR) is 56.8 cm³/mol. The molecule has 0 saturated carbocycles. The molecule has 0 fully saturated rings. The summed E-state index contributed by atoms with van der Waals surface area (Å²) in [5, 5.41) is 13.3. The second kappa shape index (κ2) is 5.84. The van der Waals surface area contributed by atoms with E-state index in [0.717, 1.165) is 13.0 Å². The van der Waals surface area contributed by atoms with Crippen LogP contribution in [0.4, 0.5) is 0 Å². The first-order valence-electron chi connectivity index (χ1n) is 4.41. The summed E-state index contributed by atoms with van der Waals surface area (Å²) in [5.74, 6) is 0. The van der Waals surface area contributed by atoms with Crippen LogP contribution in [0.2, 0.25) is 0 Å². The summed E-state index contributed by atoms with van der Waals surface area (Å²) in [5.41, 5.74) is -0.581. The number of thioether (sulfide) groups is 1. The third kappa shape index (κ3) is 8.37. The van der Waals surface area contributed by atoms with Crippen LogP contribution in [0.25, 0.3) is 0 Å². The van der Waals surface area contributed by atoms with E-state index in [-0.39, 0.29) is 0 Å². The lowest BCUT2D eigenvalue weighted by Crippen LogP contribution is -2.35. The molecule has 12 heavy (non-hydrogen) atoms.